The van der Waals surface area contributed by atoms with Gasteiger partial charge in [-0.3, -0.25) is 0 Å². The number of hydrogen-bond acceptors (Lipinski definition) is 0. The van der Waals surface area contributed by atoms with E-state index in [2.05, 4.69) is 122 Å². The zero-order valence-electron chi connectivity index (χ0n) is 18.4. The molecule has 0 aliphatic rings. The van der Waals surface area contributed by atoms with E-state index in [1.807, 2.05) is 30.4 Å². The van der Waals surface area contributed by atoms with E-state index in [-0.39, 0.29) is 17.0 Å². The first-order valence-electron chi connectivity index (χ1n) is 10.8. The van der Waals surface area contributed by atoms with E-state index in [9.17, 15) is 0 Å². The van der Waals surface area contributed by atoms with E-state index in [4.69, 9.17) is 0 Å². The monoisotopic (exact) mass is 508 g/mol. The number of allylic oxidation sites excluding steroid dienone is 3. The van der Waals surface area contributed by atoms with Gasteiger partial charge in [0.15, 0.2) is 0 Å². The van der Waals surface area contributed by atoms with Crippen molar-refractivity contribution in [3.63, 3.8) is 0 Å². The van der Waals surface area contributed by atoms with E-state index >= 15 is 0 Å². The van der Waals surface area contributed by atoms with Gasteiger partial charge in [0, 0.05) is 5.57 Å². The molecular formula is C31H26BrP. The van der Waals surface area contributed by atoms with Crippen molar-refractivity contribution in [1.82, 2.24) is 0 Å². The zero-order chi connectivity index (χ0) is 22.1. The molecule has 162 valence electrons. The third-order valence-electron chi connectivity index (χ3n) is 5.50. The number of rotatable bonds is 6. The van der Waals surface area contributed by atoms with Crippen LogP contribution in [0.15, 0.2) is 140 Å². The Morgan fingerprint density at radius 2 is 1.03 bits per heavy atom. The molecule has 0 spiro atoms. The van der Waals surface area contributed by atoms with E-state index in [0.717, 1.165) is 17.3 Å². The molecule has 0 N–H and O–H groups in total. The minimum absolute atomic E-state index is 0. The van der Waals surface area contributed by atoms with Crippen LogP contribution < -0.4 is 32.9 Å². The van der Waals surface area contributed by atoms with Gasteiger partial charge in [-0.25, -0.2) is 0 Å². The molecule has 0 nitrogen and oxygen atoms in total. The first-order valence-corrected chi connectivity index (χ1v) is 12.7. The highest BCUT2D eigenvalue weighted by atomic mass is 79.9. The van der Waals surface area contributed by atoms with Gasteiger partial charge >= 0.3 is 0 Å². The van der Waals surface area contributed by atoms with E-state index in [1.165, 1.54) is 15.9 Å². The highest BCUT2D eigenvalue weighted by Gasteiger charge is 2.44. The number of benzene rings is 4. The van der Waals surface area contributed by atoms with Crippen LogP contribution in [-0.2, 0) is 0 Å². The summed E-state index contributed by atoms with van der Waals surface area (Å²) in [5.74, 6) is 7.06. The van der Waals surface area contributed by atoms with Gasteiger partial charge in [0.25, 0.3) is 0 Å². The van der Waals surface area contributed by atoms with Crippen LogP contribution >= 0.6 is 7.26 Å². The molecule has 0 unspecified atom stereocenters. The van der Waals surface area contributed by atoms with Gasteiger partial charge in [0.05, 0.1) is 0 Å². The SMILES string of the molecule is C=C/C=C(\C#CC[P+](c1ccccc1)(c1ccccc1)c1ccccc1)c1ccccc1.[Br-]. The molecule has 4 rings (SSSR count). The zero-order valence-corrected chi connectivity index (χ0v) is 20.9. The lowest BCUT2D eigenvalue weighted by Gasteiger charge is -2.25. The minimum atomic E-state index is -1.95. The van der Waals surface area contributed by atoms with Crippen molar-refractivity contribution in [1.29, 1.82) is 0 Å². The average Bonchev–Trinajstić information content (AvgIpc) is 2.88. The van der Waals surface area contributed by atoms with Crippen LogP contribution in [0.1, 0.15) is 5.56 Å². The Morgan fingerprint density at radius 1 is 0.636 bits per heavy atom. The molecule has 0 aromatic heterocycles. The quantitative estimate of drug-likeness (QED) is 0.213. The molecule has 0 saturated carbocycles. The van der Waals surface area contributed by atoms with Crippen molar-refractivity contribution in [3.05, 3.63) is 146 Å². The second kappa shape index (κ2) is 12.2. The van der Waals surface area contributed by atoms with Crippen molar-refractivity contribution in [2.24, 2.45) is 0 Å². The molecule has 0 aliphatic carbocycles. The fourth-order valence-electron chi connectivity index (χ4n) is 3.97. The van der Waals surface area contributed by atoms with E-state index < -0.39 is 7.26 Å². The van der Waals surface area contributed by atoms with Crippen molar-refractivity contribution < 1.29 is 17.0 Å². The Morgan fingerprint density at radius 3 is 1.42 bits per heavy atom. The largest absolute Gasteiger partial charge is 1.00 e. The molecule has 0 radical (unpaired) electrons. The van der Waals surface area contributed by atoms with Crippen molar-refractivity contribution in [2.45, 2.75) is 0 Å². The summed E-state index contributed by atoms with van der Waals surface area (Å²) in [5, 5.41) is 4.04. The van der Waals surface area contributed by atoms with Gasteiger partial charge in [-0.05, 0) is 48.0 Å². The van der Waals surface area contributed by atoms with Gasteiger partial charge in [0.2, 0.25) is 0 Å². The molecule has 4 aromatic carbocycles. The Balaban J connectivity index is 0.00000306. The molecule has 0 saturated heterocycles. The molecule has 2 heteroatoms. The van der Waals surface area contributed by atoms with Crippen molar-refractivity contribution in [2.75, 3.05) is 6.16 Å². The van der Waals surface area contributed by atoms with Gasteiger partial charge < -0.3 is 17.0 Å². The maximum Gasteiger partial charge on any atom is 0.134 e. The average molecular weight is 509 g/mol. The van der Waals surface area contributed by atoms with Gasteiger partial charge in [0.1, 0.15) is 29.3 Å². The van der Waals surface area contributed by atoms with Crippen molar-refractivity contribution >= 4 is 28.7 Å². The van der Waals surface area contributed by atoms with Gasteiger partial charge in [-0.1, -0.05) is 109 Å². The Kier molecular flexibility index (Phi) is 9.03. The van der Waals surface area contributed by atoms with Crippen LogP contribution in [0.5, 0.6) is 0 Å². The Bertz CT molecular complexity index is 1140. The molecule has 4 aromatic rings. The predicted octanol–water partition coefficient (Wildman–Crippen LogP) is 3.26. The first kappa shape index (κ1) is 24.5. The fourth-order valence-corrected chi connectivity index (χ4v) is 7.77. The summed E-state index contributed by atoms with van der Waals surface area (Å²) >= 11 is 0. The Labute approximate surface area is 208 Å². The second-order valence-corrected chi connectivity index (χ2v) is 10.9. The van der Waals surface area contributed by atoms with Crippen LogP contribution in [-0.4, -0.2) is 6.16 Å². The highest BCUT2D eigenvalue weighted by Crippen LogP contribution is 2.54. The molecule has 33 heavy (non-hydrogen) atoms. The molecule has 0 fully saturated rings. The van der Waals surface area contributed by atoms with Crippen LogP contribution in [0, 0.1) is 11.8 Å². The Hall–Kier alpha value is -3.17. The summed E-state index contributed by atoms with van der Waals surface area (Å²) in [5.41, 5.74) is 2.11. The van der Waals surface area contributed by atoms with Gasteiger partial charge in [-0.2, -0.15) is 0 Å². The smallest absolute Gasteiger partial charge is 0.134 e. The minimum Gasteiger partial charge on any atom is -1.00 e. The summed E-state index contributed by atoms with van der Waals surface area (Å²) < 4.78 is 0. The third-order valence-corrected chi connectivity index (χ3v) is 9.67. The van der Waals surface area contributed by atoms with Crippen LogP contribution in [0.3, 0.4) is 0 Å². The first-order chi connectivity index (χ1) is 15.8. The molecule has 0 amide bonds. The standard InChI is InChI=1S/C31H26P.BrH/c1-2-16-27(28-17-7-3-8-18-28)19-15-26-32(29-20-9-4-10-21-29,30-22-11-5-12-23-30)31-24-13-6-14-25-31;/h2-14,16-18,20-25H,1,26H2;1H/q+1;/p-1/b27-16+;. The van der Waals surface area contributed by atoms with Crippen LogP contribution in [0.2, 0.25) is 0 Å². The summed E-state index contributed by atoms with van der Waals surface area (Å²) in [4.78, 5) is 0. The number of hydrogen-bond donors (Lipinski definition) is 0. The molecular weight excluding hydrogens is 483 g/mol. The van der Waals surface area contributed by atoms with E-state index in [0.29, 0.717) is 0 Å². The summed E-state index contributed by atoms with van der Waals surface area (Å²) in [6.45, 7) is 3.89. The lowest BCUT2D eigenvalue weighted by Crippen LogP contribution is -3.00. The molecule has 0 bridgehead atoms. The molecule has 0 aliphatic heterocycles. The summed E-state index contributed by atoms with van der Waals surface area (Å²) in [7, 11) is -1.95. The summed E-state index contributed by atoms with van der Waals surface area (Å²) in [6, 6.07) is 42.9. The number of halogens is 1. The van der Waals surface area contributed by atoms with Crippen LogP contribution in [0.4, 0.5) is 0 Å². The lowest BCUT2D eigenvalue weighted by atomic mass is 10.1. The topological polar surface area (TPSA) is 0 Å². The normalized spacial score (nSPS) is 11.0. The fraction of sp³-hybridized carbons (Fsp3) is 0.0323. The summed E-state index contributed by atoms with van der Waals surface area (Å²) in [6.07, 6.45) is 4.58. The predicted molar refractivity (Wildman–Crippen MR) is 142 cm³/mol. The van der Waals surface area contributed by atoms with Crippen LogP contribution in [0.25, 0.3) is 5.57 Å². The third kappa shape index (κ3) is 5.61. The van der Waals surface area contributed by atoms with Crippen molar-refractivity contribution in [3.8, 4) is 11.8 Å². The maximum absolute atomic E-state index is 3.89. The lowest BCUT2D eigenvalue weighted by molar-refractivity contribution is -0.00000611. The van der Waals surface area contributed by atoms with Gasteiger partial charge in [-0.15, -0.1) is 0 Å². The second-order valence-electron chi connectivity index (χ2n) is 7.46. The highest BCUT2D eigenvalue weighted by molar-refractivity contribution is 7.95. The molecule has 0 heterocycles. The van der Waals surface area contributed by atoms with E-state index in [1.54, 1.807) is 0 Å². The maximum atomic E-state index is 3.89. The molecule has 0 atom stereocenters.